The number of nitrogens with two attached hydrogens (primary N) is 1. The van der Waals surface area contributed by atoms with Gasteiger partial charge in [-0.2, -0.15) is 4.68 Å². The summed E-state index contributed by atoms with van der Waals surface area (Å²) in [5, 5.41) is 12.0. The van der Waals surface area contributed by atoms with Crippen LogP contribution in [0.5, 0.6) is 0 Å². The Bertz CT molecular complexity index is 1040. The summed E-state index contributed by atoms with van der Waals surface area (Å²) in [5.41, 5.74) is -0.656. The van der Waals surface area contributed by atoms with Crippen LogP contribution in [0.1, 0.15) is 25.3 Å². The van der Waals surface area contributed by atoms with Gasteiger partial charge in [0.25, 0.3) is 5.56 Å². The van der Waals surface area contributed by atoms with Crippen LogP contribution < -0.4 is 22.0 Å². The zero-order valence-electron chi connectivity index (χ0n) is 13.1. The van der Waals surface area contributed by atoms with Gasteiger partial charge in [0, 0.05) is 19.0 Å². The summed E-state index contributed by atoms with van der Waals surface area (Å²) in [6.45, 7) is 0.642. The van der Waals surface area contributed by atoms with Gasteiger partial charge in [0.2, 0.25) is 0 Å². The lowest BCUT2D eigenvalue weighted by Gasteiger charge is -2.22. The fourth-order valence-electron chi connectivity index (χ4n) is 3.30. The molecule has 1 aromatic heterocycles. The molecule has 0 bridgehead atoms. The van der Waals surface area contributed by atoms with Crippen molar-refractivity contribution < 1.29 is 9.60 Å². The third-order valence-corrected chi connectivity index (χ3v) is 5.04. The quantitative estimate of drug-likeness (QED) is 0.469. The highest BCUT2D eigenvalue weighted by Gasteiger charge is 2.32. The largest absolute Gasteiger partial charge is 0.411 e. The van der Waals surface area contributed by atoms with Gasteiger partial charge in [-0.1, -0.05) is 16.8 Å². The lowest BCUT2D eigenvalue weighted by atomic mass is 10.2. The second-order valence-electron chi connectivity index (χ2n) is 6.31. The van der Waals surface area contributed by atoms with E-state index >= 15 is 0 Å². The smallest absolute Gasteiger partial charge is 0.350 e. The molecule has 3 N–H and O–H groups in total. The monoisotopic (exact) mass is 367 g/mol. The standard InChI is InChI=1S/C15H15ClFN5O3/c16-11-12-9(14(23)22(18)15(24)21(12)8-1-2-8)5-10(17)13(11)20-4-3-7(6-20)19-25/h5,8,25H,1-4,6,18H2/b19-7-. The van der Waals surface area contributed by atoms with Crippen molar-refractivity contribution >= 4 is 33.9 Å². The molecule has 2 heterocycles. The number of aromatic nitrogens is 2. The number of rotatable bonds is 2. The molecule has 2 aromatic rings. The van der Waals surface area contributed by atoms with E-state index in [0.29, 0.717) is 23.4 Å². The molecule has 1 aliphatic heterocycles. The minimum atomic E-state index is -0.789. The van der Waals surface area contributed by atoms with Crippen molar-refractivity contribution in [3.05, 3.63) is 37.7 Å². The molecular formula is C15H15ClFN5O3. The van der Waals surface area contributed by atoms with Gasteiger partial charge in [0.15, 0.2) is 0 Å². The van der Waals surface area contributed by atoms with Gasteiger partial charge in [-0.15, -0.1) is 0 Å². The van der Waals surface area contributed by atoms with Gasteiger partial charge in [0.05, 0.1) is 33.9 Å². The molecule has 1 saturated carbocycles. The molecule has 10 heteroatoms. The Morgan fingerprint density at radius 2 is 2.08 bits per heavy atom. The molecule has 0 spiro atoms. The summed E-state index contributed by atoms with van der Waals surface area (Å²) in [6.07, 6.45) is 2.01. The Kier molecular flexibility index (Phi) is 3.50. The van der Waals surface area contributed by atoms with E-state index in [1.807, 2.05) is 0 Å². The number of nitrogen functional groups attached to an aromatic ring is 1. The van der Waals surface area contributed by atoms with Gasteiger partial charge in [-0.25, -0.2) is 9.18 Å². The molecule has 0 amide bonds. The highest BCUT2D eigenvalue weighted by atomic mass is 35.5. The third-order valence-electron chi connectivity index (χ3n) is 4.68. The maximum atomic E-state index is 14.7. The molecule has 0 unspecified atom stereocenters. The van der Waals surface area contributed by atoms with E-state index < -0.39 is 17.1 Å². The highest BCUT2D eigenvalue weighted by Crippen LogP contribution is 2.41. The van der Waals surface area contributed by atoms with E-state index in [2.05, 4.69) is 5.16 Å². The van der Waals surface area contributed by atoms with Gasteiger partial charge >= 0.3 is 5.69 Å². The summed E-state index contributed by atoms with van der Waals surface area (Å²) < 4.78 is 16.6. The van der Waals surface area contributed by atoms with Gasteiger partial charge < -0.3 is 15.9 Å². The van der Waals surface area contributed by atoms with Crippen LogP contribution >= 0.6 is 11.6 Å². The summed E-state index contributed by atoms with van der Waals surface area (Å²) in [4.78, 5) is 26.4. The van der Waals surface area contributed by atoms with E-state index in [1.165, 1.54) is 4.57 Å². The summed E-state index contributed by atoms with van der Waals surface area (Å²) in [6, 6.07) is 0.962. The fraction of sp³-hybridized carbons (Fsp3) is 0.400. The van der Waals surface area contributed by atoms with Crippen LogP contribution in [-0.4, -0.2) is 33.3 Å². The van der Waals surface area contributed by atoms with Crippen molar-refractivity contribution in [3.8, 4) is 0 Å². The topological polar surface area (TPSA) is 106 Å². The molecule has 1 aromatic carbocycles. The molecule has 132 valence electrons. The summed E-state index contributed by atoms with van der Waals surface area (Å²) in [5.74, 6) is 4.88. The van der Waals surface area contributed by atoms with E-state index in [1.54, 1.807) is 4.90 Å². The molecule has 2 fully saturated rings. The van der Waals surface area contributed by atoms with Crippen LogP contribution in [0.25, 0.3) is 10.9 Å². The van der Waals surface area contributed by atoms with Crippen LogP contribution in [-0.2, 0) is 0 Å². The second kappa shape index (κ2) is 5.48. The van der Waals surface area contributed by atoms with Gasteiger partial charge in [-0.3, -0.25) is 9.36 Å². The first-order valence-corrected chi connectivity index (χ1v) is 8.21. The Labute approximate surface area is 145 Å². The molecule has 4 rings (SSSR count). The molecule has 1 saturated heterocycles. The van der Waals surface area contributed by atoms with Crippen LogP contribution in [0.15, 0.2) is 20.8 Å². The van der Waals surface area contributed by atoms with Crippen molar-refractivity contribution in [1.29, 1.82) is 0 Å². The van der Waals surface area contributed by atoms with Crippen LogP contribution in [0, 0.1) is 5.82 Å². The zero-order chi connectivity index (χ0) is 17.9. The van der Waals surface area contributed by atoms with Crippen LogP contribution in [0.2, 0.25) is 5.02 Å². The molecule has 8 nitrogen and oxygen atoms in total. The predicted molar refractivity (Wildman–Crippen MR) is 91.9 cm³/mol. The first-order valence-electron chi connectivity index (χ1n) is 7.83. The Morgan fingerprint density at radius 1 is 1.36 bits per heavy atom. The van der Waals surface area contributed by atoms with E-state index in [4.69, 9.17) is 22.7 Å². The van der Waals surface area contributed by atoms with Gasteiger partial charge in [-0.05, 0) is 18.9 Å². The van der Waals surface area contributed by atoms with Crippen molar-refractivity contribution in [1.82, 2.24) is 9.24 Å². The van der Waals surface area contributed by atoms with Crippen molar-refractivity contribution in [3.63, 3.8) is 0 Å². The number of nitrogens with zero attached hydrogens (tertiary/aromatic N) is 4. The maximum absolute atomic E-state index is 14.7. The maximum Gasteiger partial charge on any atom is 0.350 e. The number of oxime groups is 1. The zero-order valence-corrected chi connectivity index (χ0v) is 13.8. The van der Waals surface area contributed by atoms with Crippen LogP contribution in [0.3, 0.4) is 0 Å². The number of fused-ring (bicyclic) bond motifs is 1. The molecule has 1 aliphatic carbocycles. The summed E-state index contributed by atoms with van der Waals surface area (Å²) in [7, 11) is 0. The average Bonchev–Trinajstić information content (AvgIpc) is 3.31. The fourth-order valence-corrected chi connectivity index (χ4v) is 3.70. The highest BCUT2D eigenvalue weighted by molar-refractivity contribution is 6.38. The molecular weight excluding hydrogens is 353 g/mol. The van der Waals surface area contributed by atoms with E-state index in [-0.39, 0.29) is 34.2 Å². The van der Waals surface area contributed by atoms with Crippen molar-refractivity contribution in [2.75, 3.05) is 23.8 Å². The third kappa shape index (κ3) is 2.30. The van der Waals surface area contributed by atoms with E-state index in [0.717, 1.165) is 18.9 Å². The number of benzene rings is 1. The van der Waals surface area contributed by atoms with E-state index in [9.17, 15) is 14.0 Å². The van der Waals surface area contributed by atoms with Crippen molar-refractivity contribution in [2.24, 2.45) is 5.16 Å². The second-order valence-corrected chi connectivity index (χ2v) is 6.69. The average molecular weight is 368 g/mol. The Morgan fingerprint density at radius 3 is 2.68 bits per heavy atom. The lowest BCUT2D eigenvalue weighted by Crippen LogP contribution is -2.44. The normalized spacial score (nSPS) is 19.3. The lowest BCUT2D eigenvalue weighted by molar-refractivity contribution is 0.318. The Hall–Kier alpha value is -2.55. The van der Waals surface area contributed by atoms with Crippen molar-refractivity contribution in [2.45, 2.75) is 25.3 Å². The molecule has 2 aliphatic rings. The minimum absolute atomic E-state index is 0.00381. The Balaban J connectivity index is 2.05. The molecule has 0 radical (unpaired) electrons. The molecule has 25 heavy (non-hydrogen) atoms. The number of hydrogen-bond acceptors (Lipinski definition) is 6. The first kappa shape index (κ1) is 15.9. The SMILES string of the molecule is Nn1c(=O)c2cc(F)c(N3CC/C(=N/O)C3)c(Cl)c2n(C2CC2)c1=O. The van der Waals surface area contributed by atoms with Crippen LogP contribution in [0.4, 0.5) is 10.1 Å². The summed E-state index contributed by atoms with van der Waals surface area (Å²) >= 11 is 6.46. The number of anilines is 1. The molecule has 0 atom stereocenters. The van der Waals surface area contributed by atoms with Gasteiger partial charge in [0.1, 0.15) is 5.82 Å². The first-order chi connectivity index (χ1) is 11.9. The minimum Gasteiger partial charge on any atom is -0.411 e. The number of hydrogen-bond donors (Lipinski definition) is 2. The number of halogens is 2. The predicted octanol–water partition coefficient (Wildman–Crippen LogP) is 1.04.